The van der Waals surface area contributed by atoms with Gasteiger partial charge in [-0.3, -0.25) is 0 Å². The largest absolute Gasteiger partial charge is 0.118 e. The van der Waals surface area contributed by atoms with Crippen LogP contribution in [0.2, 0.25) is 0 Å². The fourth-order valence-electron chi connectivity index (χ4n) is 7.62. The highest BCUT2D eigenvalue weighted by molar-refractivity contribution is 7.98. The summed E-state index contributed by atoms with van der Waals surface area (Å²) in [5.41, 5.74) is 1.52. The molecule has 0 aromatic rings. The lowest BCUT2D eigenvalue weighted by Crippen LogP contribution is -2.45. The molecule has 3 aliphatic rings. The minimum atomic E-state index is 0.503. The highest BCUT2D eigenvalue weighted by Gasteiger charge is 2.48. The second-order valence-corrected chi connectivity index (χ2v) is 18.1. The zero-order chi connectivity index (χ0) is 23.7. The molecule has 0 aliphatic heterocycles. The van der Waals surface area contributed by atoms with Gasteiger partial charge < -0.3 is 0 Å². The van der Waals surface area contributed by atoms with E-state index in [4.69, 9.17) is 0 Å². The fraction of sp³-hybridized carbons (Fsp3) is 1.00. The first-order valence-electron chi connectivity index (χ1n) is 14.5. The summed E-state index contributed by atoms with van der Waals surface area (Å²) in [4.78, 5) is 0. The van der Waals surface area contributed by atoms with E-state index in [1.54, 1.807) is 38.5 Å². The second-order valence-electron chi connectivity index (χ2n) is 15.3. The molecular weight excluding hydrogens is 404 g/mol. The van der Waals surface area contributed by atoms with Crippen molar-refractivity contribution in [1.82, 2.24) is 0 Å². The van der Waals surface area contributed by atoms with Crippen molar-refractivity contribution >= 4 is 10.9 Å². The van der Waals surface area contributed by atoms with Gasteiger partial charge in [-0.1, -0.05) is 62.3 Å². The third kappa shape index (κ3) is 6.95. The van der Waals surface area contributed by atoms with Gasteiger partial charge in [0.2, 0.25) is 0 Å². The maximum absolute atomic E-state index is 2.50. The molecule has 0 saturated heterocycles. The molecule has 0 amide bonds. The molecule has 2 unspecified atom stereocenters. The van der Waals surface area contributed by atoms with E-state index in [0.717, 1.165) is 33.5 Å². The molecule has 2 atom stereocenters. The predicted octanol–water partition coefficient (Wildman–Crippen LogP) is 9.81. The highest BCUT2D eigenvalue weighted by Crippen LogP contribution is 2.48. The predicted molar refractivity (Wildman–Crippen MR) is 148 cm³/mol. The van der Waals surface area contributed by atoms with Gasteiger partial charge in [0.05, 0.1) is 0 Å². The van der Waals surface area contributed by atoms with Crippen LogP contribution in [0.3, 0.4) is 0 Å². The van der Waals surface area contributed by atoms with Crippen molar-refractivity contribution in [2.24, 2.45) is 34.0 Å². The molecule has 188 valence electrons. The lowest BCUT2D eigenvalue weighted by molar-refractivity contribution is 0.177. The summed E-state index contributed by atoms with van der Waals surface area (Å²) in [6.07, 6.45) is 19.8. The van der Waals surface area contributed by atoms with E-state index < -0.39 is 0 Å². The zero-order valence-corrected chi connectivity index (χ0v) is 24.4. The molecule has 0 spiro atoms. The summed E-state index contributed by atoms with van der Waals surface area (Å²) in [5.74, 6) is 2.87. The Hall–Kier alpha value is 0.350. The Morgan fingerprint density at radius 2 is 0.656 bits per heavy atom. The SMILES string of the molecule is CC(C)(C)C1CCCC([S+](C2CCC(C(C)(C)C)CC2)C2CCC(C(C)(C)C)CC2)CC1. The standard InChI is InChI=1S/C31H59S/c1-29(2,3)23-11-10-12-26(18-13-23)32(27-19-14-24(15-20-27)30(4,5)6)28-21-16-25(17-22-28)31(7,8)9/h23-28H,10-22H2,1-9H3/q+1. The van der Waals surface area contributed by atoms with Gasteiger partial charge in [-0.25, -0.2) is 0 Å². The van der Waals surface area contributed by atoms with Crippen LogP contribution in [0.4, 0.5) is 0 Å². The molecule has 32 heavy (non-hydrogen) atoms. The number of hydrogen-bond acceptors (Lipinski definition) is 0. The van der Waals surface area contributed by atoms with Gasteiger partial charge in [-0.2, -0.15) is 0 Å². The van der Waals surface area contributed by atoms with Crippen molar-refractivity contribution < 1.29 is 0 Å². The average molecular weight is 464 g/mol. The van der Waals surface area contributed by atoms with Gasteiger partial charge >= 0.3 is 0 Å². The first-order chi connectivity index (χ1) is 14.8. The molecule has 0 nitrogen and oxygen atoms in total. The van der Waals surface area contributed by atoms with Gasteiger partial charge in [0.15, 0.2) is 0 Å². The minimum Gasteiger partial charge on any atom is -0.0599 e. The molecule has 0 aromatic carbocycles. The molecule has 0 N–H and O–H groups in total. The lowest BCUT2D eigenvalue weighted by atomic mass is 9.72. The maximum Gasteiger partial charge on any atom is 0.118 e. The second kappa shape index (κ2) is 10.5. The summed E-state index contributed by atoms with van der Waals surface area (Å²) in [6, 6.07) is 0. The van der Waals surface area contributed by atoms with Crippen LogP contribution in [0, 0.1) is 34.0 Å². The molecule has 0 radical (unpaired) electrons. The quantitative estimate of drug-likeness (QED) is 0.288. The molecular formula is C31H59S+. The van der Waals surface area contributed by atoms with Crippen LogP contribution in [-0.4, -0.2) is 15.7 Å². The summed E-state index contributed by atoms with van der Waals surface area (Å²) in [7, 11) is 0.680. The smallest absolute Gasteiger partial charge is 0.0599 e. The van der Waals surface area contributed by atoms with E-state index >= 15 is 0 Å². The molecule has 3 rings (SSSR count). The van der Waals surface area contributed by atoms with Gasteiger partial charge in [0, 0.05) is 0 Å². The third-order valence-electron chi connectivity index (χ3n) is 10.1. The van der Waals surface area contributed by atoms with E-state index in [1.165, 1.54) is 44.9 Å². The molecule has 3 aliphatic carbocycles. The summed E-state index contributed by atoms with van der Waals surface area (Å²) in [5, 5.41) is 3.16. The highest BCUT2D eigenvalue weighted by atomic mass is 32.2. The topological polar surface area (TPSA) is 0 Å². The van der Waals surface area contributed by atoms with E-state index in [1.807, 2.05) is 0 Å². The maximum atomic E-state index is 2.50. The van der Waals surface area contributed by atoms with E-state index in [-0.39, 0.29) is 0 Å². The van der Waals surface area contributed by atoms with Crippen molar-refractivity contribution in [2.75, 3.05) is 0 Å². The first-order valence-corrected chi connectivity index (χ1v) is 15.9. The Bertz CT molecular complexity index is 521. The van der Waals surface area contributed by atoms with Crippen LogP contribution >= 0.6 is 0 Å². The fourth-order valence-corrected chi connectivity index (χ4v) is 11.7. The van der Waals surface area contributed by atoms with Crippen molar-refractivity contribution in [3.8, 4) is 0 Å². The Labute approximate surface area is 206 Å². The molecule has 0 bridgehead atoms. The zero-order valence-electron chi connectivity index (χ0n) is 23.6. The molecule has 3 saturated carbocycles. The third-order valence-corrected chi connectivity index (χ3v) is 13.8. The monoisotopic (exact) mass is 463 g/mol. The number of hydrogen-bond donors (Lipinski definition) is 0. The van der Waals surface area contributed by atoms with Crippen molar-refractivity contribution in [3.05, 3.63) is 0 Å². The van der Waals surface area contributed by atoms with Crippen molar-refractivity contribution in [1.29, 1.82) is 0 Å². The van der Waals surface area contributed by atoms with Crippen LogP contribution in [0.5, 0.6) is 0 Å². The summed E-state index contributed by atoms with van der Waals surface area (Å²) < 4.78 is 0. The van der Waals surface area contributed by atoms with Crippen LogP contribution in [-0.2, 0) is 10.9 Å². The van der Waals surface area contributed by atoms with Gasteiger partial charge in [0.25, 0.3) is 0 Å². The Kier molecular flexibility index (Phi) is 8.87. The van der Waals surface area contributed by atoms with Gasteiger partial charge in [-0.15, -0.1) is 0 Å². The van der Waals surface area contributed by atoms with E-state index in [2.05, 4.69) is 62.3 Å². The van der Waals surface area contributed by atoms with Crippen molar-refractivity contribution in [2.45, 2.75) is 162 Å². The molecule has 3 fully saturated rings. The molecule has 0 heterocycles. The number of rotatable bonds is 3. The van der Waals surface area contributed by atoms with Gasteiger partial charge in [-0.05, 0) is 128 Å². The summed E-state index contributed by atoms with van der Waals surface area (Å²) in [6.45, 7) is 22.4. The van der Waals surface area contributed by atoms with Crippen LogP contribution < -0.4 is 0 Å². The van der Waals surface area contributed by atoms with Gasteiger partial charge in [0.1, 0.15) is 15.7 Å². The molecule has 0 aromatic heterocycles. The van der Waals surface area contributed by atoms with E-state index in [0.29, 0.717) is 27.1 Å². The minimum absolute atomic E-state index is 0.503. The summed E-state index contributed by atoms with van der Waals surface area (Å²) >= 11 is 0. The van der Waals surface area contributed by atoms with E-state index in [9.17, 15) is 0 Å². The van der Waals surface area contributed by atoms with Crippen LogP contribution in [0.1, 0.15) is 146 Å². The first kappa shape index (κ1) is 26.9. The van der Waals surface area contributed by atoms with Crippen LogP contribution in [0.15, 0.2) is 0 Å². The lowest BCUT2D eigenvalue weighted by Gasteiger charge is -2.42. The normalized spacial score (nSPS) is 37.0. The van der Waals surface area contributed by atoms with Crippen molar-refractivity contribution in [3.63, 3.8) is 0 Å². The molecule has 1 heteroatoms. The van der Waals surface area contributed by atoms with Crippen LogP contribution in [0.25, 0.3) is 0 Å². The Balaban J connectivity index is 1.72. The Morgan fingerprint density at radius 3 is 0.969 bits per heavy atom. The average Bonchev–Trinajstić information content (AvgIpc) is 2.94. The Morgan fingerprint density at radius 1 is 0.375 bits per heavy atom.